The van der Waals surface area contributed by atoms with Crippen LogP contribution in [0.1, 0.15) is 17.5 Å². The fourth-order valence-corrected chi connectivity index (χ4v) is 9.61. The Morgan fingerprint density at radius 3 is 0.696 bits per heavy atom. The van der Waals surface area contributed by atoms with Gasteiger partial charge in [-0.1, -0.05) is 158 Å². The second-order valence-electron chi connectivity index (χ2n) is 10.9. The van der Waals surface area contributed by atoms with Gasteiger partial charge in [-0.3, -0.25) is 0 Å². The molecule has 0 atom stereocenters. The van der Waals surface area contributed by atoms with Crippen LogP contribution in [-0.2, 0) is 20.4 Å². The van der Waals surface area contributed by atoms with E-state index < -0.39 is 14.5 Å². The monoisotopic (exact) mass is 898 g/mol. The topological polar surface area (TPSA) is 47.6 Å². The molecule has 56 heavy (non-hydrogen) atoms. The van der Waals surface area contributed by atoms with Crippen LogP contribution in [0, 0.1) is 22.7 Å². The molecule has 0 fully saturated rings. The summed E-state index contributed by atoms with van der Waals surface area (Å²) >= 11 is 0. The van der Waals surface area contributed by atoms with Crippen molar-refractivity contribution >= 4 is 51.6 Å². The molecule has 0 N–H and O–H groups in total. The maximum absolute atomic E-state index is 9.75. The molecule has 6 rings (SSSR count). The number of benzene rings is 6. The van der Waals surface area contributed by atoms with Gasteiger partial charge in [0.05, 0.1) is 23.3 Å². The van der Waals surface area contributed by atoms with Gasteiger partial charge >= 0.3 is 34.9 Å². The molecule has 6 aromatic rings. The smallest absolute Gasteiger partial charge is 0.418 e. The minimum atomic E-state index is -6.00. The molecule has 0 aliphatic carbocycles. The molecule has 0 heterocycles. The fourth-order valence-electron chi connectivity index (χ4n) is 4.66. The van der Waals surface area contributed by atoms with Crippen molar-refractivity contribution in [3.63, 3.8) is 0 Å². The fraction of sp³-hybridized carbons (Fsp3) is 0.0732. The molecule has 6 aromatic carbocycles. The van der Waals surface area contributed by atoms with E-state index in [0.717, 1.165) is 0 Å². The summed E-state index contributed by atoms with van der Waals surface area (Å²) in [5.74, 6) is 0. The number of rotatable bonds is 8. The number of hydrogen-bond donors (Lipinski definition) is 0. The van der Waals surface area contributed by atoms with Crippen LogP contribution in [0.3, 0.4) is 0 Å². The Morgan fingerprint density at radius 1 is 0.357 bits per heavy atom. The minimum absolute atomic E-state index is 0. The second kappa shape index (κ2) is 27.9. The van der Waals surface area contributed by atoms with Gasteiger partial charge in [0.15, 0.2) is 0 Å². The maximum atomic E-state index is 9.75. The van der Waals surface area contributed by atoms with Gasteiger partial charge in [0, 0.05) is 0 Å². The van der Waals surface area contributed by atoms with E-state index in [1.54, 1.807) is 24.3 Å². The van der Waals surface area contributed by atoms with E-state index in [1.807, 2.05) is 48.5 Å². The maximum Gasteiger partial charge on any atom is 2.00 e. The van der Waals surface area contributed by atoms with Crippen molar-refractivity contribution in [2.75, 3.05) is 12.3 Å². The third kappa shape index (κ3) is 24.0. The van der Waals surface area contributed by atoms with Gasteiger partial charge < -0.3 is 34.5 Å². The Hall–Kier alpha value is -4.61. The van der Waals surface area contributed by atoms with Gasteiger partial charge in [0.25, 0.3) is 0 Å². The van der Waals surface area contributed by atoms with E-state index in [0.29, 0.717) is 11.1 Å². The first-order chi connectivity index (χ1) is 26.3. The first kappa shape index (κ1) is 49.4. The molecular weight excluding hydrogens is 862 g/mol. The third-order valence-electron chi connectivity index (χ3n) is 6.84. The Labute approximate surface area is 339 Å². The van der Waals surface area contributed by atoms with Crippen LogP contribution in [0.2, 0.25) is 0 Å². The second-order valence-corrected chi connectivity index (χ2v) is 15.6. The van der Waals surface area contributed by atoms with Gasteiger partial charge in [0.2, 0.25) is 0 Å². The van der Waals surface area contributed by atoms with E-state index in [4.69, 9.17) is 10.5 Å². The van der Waals surface area contributed by atoms with Gasteiger partial charge in [-0.25, -0.2) is 0 Å². The summed E-state index contributed by atoms with van der Waals surface area (Å²) in [5, 5.41) is 22.5. The van der Waals surface area contributed by atoms with Crippen LogP contribution in [0.5, 0.6) is 0 Å². The van der Waals surface area contributed by atoms with Gasteiger partial charge in [-0.05, 0) is 80.1 Å². The molecule has 0 aromatic heterocycles. The van der Waals surface area contributed by atoms with Gasteiger partial charge in [-0.15, -0.1) is 0 Å². The van der Waals surface area contributed by atoms with Crippen molar-refractivity contribution < 1.29 is 54.9 Å². The number of nitrogens with zero attached hydrogens (tertiary/aromatic N) is 2. The van der Waals surface area contributed by atoms with E-state index >= 15 is 0 Å². The van der Waals surface area contributed by atoms with Crippen molar-refractivity contribution in [3.8, 4) is 12.1 Å². The molecule has 0 amide bonds. The molecule has 0 radical (unpaired) electrons. The standard InChI is InChI=1S/C27H26P2.2C7H5N.2BF4.Pd/c1-5-14-24(15-6-1)28(25-16-7-2-8-17-25)22-13-23-29(26-18-9-3-10-19-26)27-20-11-4-12-21-27;2*8-6-7-4-2-1-3-5-7;2*2-1(3,4)5;/h1-12,14-21H,13,22-23H2;2*1-5H;;;/q;;;2*-1;+2. The van der Waals surface area contributed by atoms with E-state index in [-0.39, 0.29) is 36.3 Å². The van der Waals surface area contributed by atoms with Crippen molar-refractivity contribution in [2.45, 2.75) is 6.42 Å². The van der Waals surface area contributed by atoms with E-state index in [1.165, 1.54) is 40.0 Å². The van der Waals surface area contributed by atoms with Crippen molar-refractivity contribution in [3.05, 3.63) is 193 Å². The molecule has 292 valence electrons. The van der Waals surface area contributed by atoms with Crippen molar-refractivity contribution in [2.24, 2.45) is 0 Å². The summed E-state index contributed by atoms with van der Waals surface area (Å²) in [5.41, 5.74) is 1.43. The number of nitriles is 2. The van der Waals surface area contributed by atoms with Crippen LogP contribution in [-0.4, -0.2) is 26.8 Å². The Bertz CT molecular complexity index is 1720. The van der Waals surface area contributed by atoms with Crippen molar-refractivity contribution in [1.82, 2.24) is 0 Å². The molecule has 2 nitrogen and oxygen atoms in total. The summed E-state index contributed by atoms with van der Waals surface area (Å²) in [6.45, 7) is 0. The van der Waals surface area contributed by atoms with E-state index in [9.17, 15) is 34.5 Å². The van der Waals surface area contributed by atoms with E-state index in [2.05, 4.69) is 121 Å². The first-order valence-corrected chi connectivity index (χ1v) is 19.7. The molecule has 0 bridgehead atoms. The Morgan fingerprint density at radius 2 is 0.536 bits per heavy atom. The Balaban J connectivity index is 0.000000469. The summed E-state index contributed by atoms with van der Waals surface area (Å²) in [6, 6.07) is 66.6. The van der Waals surface area contributed by atoms with Crippen LogP contribution < -0.4 is 21.2 Å². The van der Waals surface area contributed by atoms with Crippen LogP contribution in [0.15, 0.2) is 182 Å². The summed E-state index contributed by atoms with van der Waals surface area (Å²) in [4.78, 5) is 0. The van der Waals surface area contributed by atoms with Crippen LogP contribution in [0.25, 0.3) is 0 Å². The average Bonchev–Trinajstić information content (AvgIpc) is 3.19. The predicted octanol–water partition coefficient (Wildman–Crippen LogP) is 11.4. The zero-order valence-corrected chi connectivity index (χ0v) is 33.1. The minimum Gasteiger partial charge on any atom is -0.418 e. The summed E-state index contributed by atoms with van der Waals surface area (Å²) in [6.07, 6.45) is 3.72. The van der Waals surface area contributed by atoms with Gasteiger partial charge in [-0.2, -0.15) is 10.5 Å². The number of halogens is 8. The quantitative estimate of drug-likeness (QED) is 0.0868. The van der Waals surface area contributed by atoms with Crippen molar-refractivity contribution in [1.29, 1.82) is 10.5 Å². The molecule has 0 aliphatic heterocycles. The molecule has 0 unspecified atom stereocenters. The average molecular weight is 899 g/mol. The third-order valence-corrected chi connectivity index (χ3v) is 12.1. The summed E-state index contributed by atoms with van der Waals surface area (Å²) in [7, 11) is -12.6. The normalized spacial score (nSPS) is 10.1. The Kier molecular flexibility index (Phi) is 24.6. The van der Waals surface area contributed by atoms with Gasteiger partial charge in [0.1, 0.15) is 0 Å². The SMILES string of the molecule is F[B-](F)(F)F.F[B-](F)(F)F.N#Cc1ccccc1.N#Cc1ccccc1.[Pd+2].c1ccc(P(CCCP(c2ccccc2)c2ccccc2)c2ccccc2)cc1. The zero-order valence-electron chi connectivity index (χ0n) is 29.7. The first-order valence-electron chi connectivity index (χ1n) is 16.7. The molecule has 0 saturated heterocycles. The predicted molar refractivity (Wildman–Crippen MR) is 215 cm³/mol. The molecule has 0 aliphatic rings. The molecule has 0 spiro atoms. The van der Waals surface area contributed by atoms with Crippen LogP contribution >= 0.6 is 15.8 Å². The zero-order chi connectivity index (χ0) is 40.4. The molecular formula is C41H36B2F8N2P2Pd. The number of hydrogen-bond acceptors (Lipinski definition) is 2. The van der Waals surface area contributed by atoms with Crippen LogP contribution in [0.4, 0.5) is 34.5 Å². The largest absolute Gasteiger partial charge is 2.00 e. The molecule has 0 saturated carbocycles. The molecule has 15 heteroatoms. The summed E-state index contributed by atoms with van der Waals surface area (Å²) < 4.78 is 78.0.